The number of hydrogen-bond donors (Lipinski definition) is 0. The molecule has 0 saturated heterocycles. The lowest BCUT2D eigenvalue weighted by molar-refractivity contribution is 0.606. The van der Waals surface area contributed by atoms with Gasteiger partial charge in [0.2, 0.25) is 0 Å². The van der Waals surface area contributed by atoms with E-state index in [2.05, 4.69) is 35.8 Å². The van der Waals surface area contributed by atoms with Crippen LogP contribution in [0.5, 0.6) is 0 Å². The second-order valence-corrected chi connectivity index (χ2v) is 4.40. The Hall–Kier alpha value is -0.760. The van der Waals surface area contributed by atoms with Crippen LogP contribution in [0.2, 0.25) is 0 Å². The maximum Gasteiger partial charge on any atom is 0.134 e. The van der Waals surface area contributed by atoms with Crippen LogP contribution in [0.15, 0.2) is 33.4 Å². The lowest BCUT2D eigenvalue weighted by Gasteiger charge is -2.00. The monoisotopic (exact) mass is 238 g/mol. The number of fused-ring (bicyclic) bond motifs is 1. The number of benzene rings is 1. The number of halogens is 1. The maximum atomic E-state index is 5.44. The minimum absolute atomic E-state index is 0.510. The van der Waals surface area contributed by atoms with E-state index in [0.29, 0.717) is 5.92 Å². The lowest BCUT2D eigenvalue weighted by Crippen LogP contribution is -1.83. The summed E-state index contributed by atoms with van der Waals surface area (Å²) < 4.78 is 6.54. The van der Waals surface area contributed by atoms with E-state index in [9.17, 15) is 0 Å². The Morgan fingerprint density at radius 2 is 2.08 bits per heavy atom. The highest BCUT2D eigenvalue weighted by Crippen LogP contribution is 2.29. The zero-order chi connectivity index (χ0) is 9.42. The van der Waals surface area contributed by atoms with Crippen LogP contribution in [0.1, 0.15) is 25.3 Å². The second-order valence-electron chi connectivity index (χ2n) is 3.49. The fourth-order valence-corrected chi connectivity index (χ4v) is 1.83. The molecular weight excluding hydrogens is 228 g/mol. The van der Waals surface area contributed by atoms with Gasteiger partial charge >= 0.3 is 0 Å². The summed E-state index contributed by atoms with van der Waals surface area (Å²) in [6, 6.07) is 6.09. The van der Waals surface area contributed by atoms with Crippen LogP contribution in [0, 0.1) is 0 Å². The molecule has 13 heavy (non-hydrogen) atoms. The first-order valence-corrected chi connectivity index (χ1v) is 5.14. The van der Waals surface area contributed by atoms with E-state index in [1.165, 1.54) is 10.9 Å². The van der Waals surface area contributed by atoms with Crippen molar-refractivity contribution in [1.29, 1.82) is 0 Å². The first kappa shape index (κ1) is 8.82. The van der Waals surface area contributed by atoms with Gasteiger partial charge in [0.05, 0.1) is 6.26 Å². The Kier molecular flexibility index (Phi) is 2.16. The van der Waals surface area contributed by atoms with Crippen molar-refractivity contribution in [3.8, 4) is 0 Å². The van der Waals surface area contributed by atoms with Crippen molar-refractivity contribution >= 4 is 26.9 Å². The smallest absolute Gasteiger partial charge is 0.134 e. The summed E-state index contributed by atoms with van der Waals surface area (Å²) in [7, 11) is 0. The van der Waals surface area contributed by atoms with E-state index in [0.717, 1.165) is 10.1 Å². The summed E-state index contributed by atoms with van der Waals surface area (Å²) in [6.45, 7) is 4.34. The predicted molar refractivity (Wildman–Crippen MR) is 58.0 cm³/mol. The molecule has 1 aromatic carbocycles. The molecule has 1 nitrogen and oxygen atoms in total. The minimum atomic E-state index is 0.510. The lowest BCUT2D eigenvalue weighted by atomic mass is 10.0. The summed E-state index contributed by atoms with van der Waals surface area (Å²) in [4.78, 5) is 0. The zero-order valence-corrected chi connectivity index (χ0v) is 9.26. The summed E-state index contributed by atoms with van der Waals surface area (Å²) in [5.41, 5.74) is 2.24. The van der Waals surface area contributed by atoms with Gasteiger partial charge in [0.25, 0.3) is 0 Å². The molecular formula is C11H11BrO. The van der Waals surface area contributed by atoms with Crippen LogP contribution in [0.3, 0.4) is 0 Å². The molecule has 1 heterocycles. The first-order chi connectivity index (χ1) is 6.18. The van der Waals surface area contributed by atoms with Gasteiger partial charge in [-0.05, 0) is 24.1 Å². The molecule has 2 rings (SSSR count). The van der Waals surface area contributed by atoms with Crippen LogP contribution in [0.4, 0.5) is 0 Å². The standard InChI is InChI=1S/C11H11BrO/c1-7(2)10-6-13-11-4-3-8(12)5-9(10)11/h3-7H,1-2H3. The molecule has 0 radical (unpaired) electrons. The van der Waals surface area contributed by atoms with Crippen LogP contribution in [0.25, 0.3) is 11.0 Å². The Balaban J connectivity index is 2.71. The third-order valence-corrected chi connectivity index (χ3v) is 2.68. The SMILES string of the molecule is CC(C)c1coc2ccc(Br)cc12. The molecule has 0 aliphatic heterocycles. The van der Waals surface area contributed by atoms with Crippen LogP contribution >= 0.6 is 15.9 Å². The van der Waals surface area contributed by atoms with Crippen LogP contribution < -0.4 is 0 Å². The number of rotatable bonds is 1. The highest BCUT2D eigenvalue weighted by atomic mass is 79.9. The fourth-order valence-electron chi connectivity index (χ4n) is 1.47. The van der Waals surface area contributed by atoms with E-state index >= 15 is 0 Å². The van der Waals surface area contributed by atoms with Crippen molar-refractivity contribution in [1.82, 2.24) is 0 Å². The third kappa shape index (κ3) is 1.51. The Labute approximate surface area is 85.9 Å². The van der Waals surface area contributed by atoms with E-state index < -0.39 is 0 Å². The molecule has 0 fully saturated rings. The van der Waals surface area contributed by atoms with Gasteiger partial charge in [-0.1, -0.05) is 29.8 Å². The highest BCUT2D eigenvalue weighted by molar-refractivity contribution is 9.10. The number of hydrogen-bond acceptors (Lipinski definition) is 1. The molecule has 0 aliphatic carbocycles. The van der Waals surface area contributed by atoms with Gasteiger partial charge in [-0.25, -0.2) is 0 Å². The molecule has 0 atom stereocenters. The average Bonchev–Trinajstić information content (AvgIpc) is 2.46. The summed E-state index contributed by atoms with van der Waals surface area (Å²) in [6.07, 6.45) is 1.85. The summed E-state index contributed by atoms with van der Waals surface area (Å²) >= 11 is 3.46. The van der Waals surface area contributed by atoms with Crippen molar-refractivity contribution in [3.63, 3.8) is 0 Å². The van der Waals surface area contributed by atoms with Crippen LogP contribution in [-0.2, 0) is 0 Å². The molecule has 0 bridgehead atoms. The van der Waals surface area contributed by atoms with Crippen molar-refractivity contribution in [2.24, 2.45) is 0 Å². The molecule has 1 aromatic heterocycles. The van der Waals surface area contributed by atoms with Crippen molar-refractivity contribution in [2.75, 3.05) is 0 Å². The Morgan fingerprint density at radius 1 is 1.31 bits per heavy atom. The molecule has 0 aliphatic rings. The predicted octanol–water partition coefficient (Wildman–Crippen LogP) is 4.32. The molecule has 0 amide bonds. The zero-order valence-electron chi connectivity index (χ0n) is 7.67. The van der Waals surface area contributed by atoms with E-state index in [1.807, 2.05) is 18.4 Å². The van der Waals surface area contributed by atoms with E-state index in [1.54, 1.807) is 0 Å². The van der Waals surface area contributed by atoms with Gasteiger partial charge in [-0.15, -0.1) is 0 Å². The number of furan rings is 1. The van der Waals surface area contributed by atoms with Crippen molar-refractivity contribution < 1.29 is 4.42 Å². The van der Waals surface area contributed by atoms with Gasteiger partial charge in [0, 0.05) is 15.4 Å². The Morgan fingerprint density at radius 3 is 2.77 bits per heavy atom. The largest absolute Gasteiger partial charge is 0.464 e. The fraction of sp³-hybridized carbons (Fsp3) is 0.273. The van der Waals surface area contributed by atoms with Crippen molar-refractivity contribution in [2.45, 2.75) is 19.8 Å². The quantitative estimate of drug-likeness (QED) is 0.722. The van der Waals surface area contributed by atoms with Gasteiger partial charge < -0.3 is 4.42 Å². The first-order valence-electron chi connectivity index (χ1n) is 4.35. The van der Waals surface area contributed by atoms with Gasteiger partial charge in [-0.2, -0.15) is 0 Å². The molecule has 0 saturated carbocycles. The van der Waals surface area contributed by atoms with Crippen LogP contribution in [-0.4, -0.2) is 0 Å². The second kappa shape index (κ2) is 3.18. The third-order valence-electron chi connectivity index (χ3n) is 2.19. The minimum Gasteiger partial charge on any atom is -0.464 e. The molecule has 0 unspecified atom stereocenters. The van der Waals surface area contributed by atoms with Gasteiger partial charge in [-0.3, -0.25) is 0 Å². The topological polar surface area (TPSA) is 13.1 Å². The van der Waals surface area contributed by atoms with Gasteiger partial charge in [0.15, 0.2) is 0 Å². The molecule has 0 spiro atoms. The molecule has 0 N–H and O–H groups in total. The summed E-state index contributed by atoms with van der Waals surface area (Å²) in [5, 5.41) is 1.21. The van der Waals surface area contributed by atoms with E-state index in [4.69, 9.17) is 4.42 Å². The summed E-state index contributed by atoms with van der Waals surface area (Å²) in [5.74, 6) is 0.510. The maximum absolute atomic E-state index is 5.44. The normalized spacial score (nSPS) is 11.4. The van der Waals surface area contributed by atoms with Crippen molar-refractivity contribution in [3.05, 3.63) is 34.5 Å². The molecule has 2 aromatic rings. The molecule has 2 heteroatoms. The Bertz CT molecular complexity index is 429. The average molecular weight is 239 g/mol. The highest BCUT2D eigenvalue weighted by Gasteiger charge is 2.08. The van der Waals surface area contributed by atoms with E-state index in [-0.39, 0.29) is 0 Å². The molecule has 68 valence electrons. The van der Waals surface area contributed by atoms with Gasteiger partial charge in [0.1, 0.15) is 5.58 Å².